The van der Waals surface area contributed by atoms with Crippen LogP contribution in [0.5, 0.6) is 0 Å². The topological polar surface area (TPSA) is 29.5 Å². The van der Waals surface area contributed by atoms with Gasteiger partial charge in [0.1, 0.15) is 6.23 Å². The lowest BCUT2D eigenvalue weighted by molar-refractivity contribution is -0.169. The Balaban J connectivity index is 2.05. The molecule has 0 radical (unpaired) electrons. The summed E-state index contributed by atoms with van der Waals surface area (Å²) in [6.07, 6.45) is 0.749. The van der Waals surface area contributed by atoms with Crippen LogP contribution in [0, 0.1) is 5.92 Å². The van der Waals surface area contributed by atoms with Crippen molar-refractivity contribution in [1.82, 2.24) is 4.90 Å². The fourth-order valence-corrected chi connectivity index (χ4v) is 3.23. The van der Waals surface area contributed by atoms with Crippen molar-refractivity contribution in [3.63, 3.8) is 0 Å². The number of carbonyl (C=O) groups excluding carboxylic acids is 1. The summed E-state index contributed by atoms with van der Waals surface area (Å²) < 4.78 is 5.59. The number of ether oxygens (including phenoxy) is 1. The number of carbonyl (C=O) groups is 1. The standard InChI is InChI=1S/C9H15NO2S/c1-3-12-9-6(2)5-13-8-4-7(11)10(8)9/h6,8-9H,3-5H2,1-2H3/t6-,8-,9-/m1/s1. The van der Waals surface area contributed by atoms with E-state index in [4.69, 9.17) is 4.74 Å². The van der Waals surface area contributed by atoms with E-state index in [1.165, 1.54) is 0 Å². The van der Waals surface area contributed by atoms with Crippen LogP contribution in [0.15, 0.2) is 0 Å². The van der Waals surface area contributed by atoms with Crippen molar-refractivity contribution in [2.75, 3.05) is 12.4 Å². The van der Waals surface area contributed by atoms with Crippen LogP contribution >= 0.6 is 11.8 Å². The van der Waals surface area contributed by atoms with Crippen molar-refractivity contribution in [2.24, 2.45) is 5.92 Å². The first-order chi connectivity index (χ1) is 6.24. The van der Waals surface area contributed by atoms with Gasteiger partial charge in [0.15, 0.2) is 0 Å². The molecule has 0 N–H and O–H groups in total. The molecule has 0 aromatic carbocycles. The lowest BCUT2D eigenvalue weighted by atomic mass is 10.1. The largest absolute Gasteiger partial charge is 0.358 e. The van der Waals surface area contributed by atoms with Gasteiger partial charge in [-0.25, -0.2) is 0 Å². The predicted molar refractivity (Wildman–Crippen MR) is 52.3 cm³/mol. The molecule has 2 rings (SSSR count). The molecule has 2 saturated heterocycles. The number of thioether (sulfide) groups is 1. The molecule has 2 aliphatic heterocycles. The zero-order chi connectivity index (χ0) is 9.42. The van der Waals surface area contributed by atoms with Gasteiger partial charge in [-0.1, -0.05) is 6.92 Å². The smallest absolute Gasteiger partial charge is 0.228 e. The molecule has 0 aromatic heterocycles. The SMILES string of the molecule is CCO[C@@H]1[C@H](C)CS[C@@H]2CC(=O)N12. The number of fused-ring (bicyclic) bond motifs is 1. The highest BCUT2D eigenvalue weighted by molar-refractivity contribution is 8.00. The van der Waals surface area contributed by atoms with E-state index in [-0.39, 0.29) is 12.1 Å². The highest BCUT2D eigenvalue weighted by atomic mass is 32.2. The molecule has 2 fully saturated rings. The molecule has 74 valence electrons. The third kappa shape index (κ3) is 1.46. The molecule has 3 atom stereocenters. The highest BCUT2D eigenvalue weighted by Gasteiger charge is 2.46. The summed E-state index contributed by atoms with van der Waals surface area (Å²) >= 11 is 1.88. The summed E-state index contributed by atoms with van der Waals surface area (Å²) in [5.41, 5.74) is 0. The number of hydrogen-bond donors (Lipinski definition) is 0. The van der Waals surface area contributed by atoms with E-state index < -0.39 is 0 Å². The Morgan fingerprint density at radius 3 is 3.08 bits per heavy atom. The third-order valence-corrected chi connectivity index (χ3v) is 4.09. The van der Waals surface area contributed by atoms with Crippen molar-refractivity contribution in [3.8, 4) is 0 Å². The van der Waals surface area contributed by atoms with Gasteiger partial charge in [0, 0.05) is 18.3 Å². The van der Waals surface area contributed by atoms with Gasteiger partial charge in [0.2, 0.25) is 5.91 Å². The lowest BCUT2D eigenvalue weighted by Gasteiger charge is -2.50. The second kappa shape index (κ2) is 3.50. The molecular formula is C9H15NO2S. The number of nitrogens with zero attached hydrogens (tertiary/aromatic N) is 1. The molecule has 1 amide bonds. The minimum atomic E-state index is 0.0394. The van der Waals surface area contributed by atoms with Crippen LogP contribution in [0.25, 0.3) is 0 Å². The fourth-order valence-electron chi connectivity index (χ4n) is 1.88. The van der Waals surface area contributed by atoms with Gasteiger partial charge in [0.05, 0.1) is 11.8 Å². The Morgan fingerprint density at radius 1 is 1.69 bits per heavy atom. The van der Waals surface area contributed by atoms with Gasteiger partial charge >= 0.3 is 0 Å². The van der Waals surface area contributed by atoms with Gasteiger partial charge in [-0.15, -0.1) is 11.8 Å². The Labute approximate surface area is 82.8 Å². The zero-order valence-corrected chi connectivity index (χ0v) is 8.84. The van der Waals surface area contributed by atoms with E-state index in [1.54, 1.807) is 0 Å². The van der Waals surface area contributed by atoms with Crippen molar-refractivity contribution in [1.29, 1.82) is 0 Å². The Kier molecular flexibility index (Phi) is 2.51. The molecule has 0 unspecified atom stereocenters. The number of hydrogen-bond acceptors (Lipinski definition) is 3. The van der Waals surface area contributed by atoms with Crippen molar-refractivity contribution in [2.45, 2.75) is 31.9 Å². The van der Waals surface area contributed by atoms with E-state index in [2.05, 4.69) is 6.92 Å². The number of β-lactam (4-membered cyclic amide) rings is 1. The highest BCUT2D eigenvalue weighted by Crippen LogP contribution is 2.40. The van der Waals surface area contributed by atoms with Crippen LogP contribution in [0.3, 0.4) is 0 Å². The summed E-state index contributed by atoms with van der Waals surface area (Å²) in [5, 5.41) is 0.403. The quantitative estimate of drug-likeness (QED) is 0.630. The average molecular weight is 201 g/mol. The van der Waals surface area contributed by atoms with Gasteiger partial charge in [-0.3, -0.25) is 4.79 Å². The first-order valence-electron chi connectivity index (χ1n) is 4.78. The Hall–Kier alpha value is -0.220. The van der Waals surface area contributed by atoms with Gasteiger partial charge in [0.25, 0.3) is 0 Å². The van der Waals surface area contributed by atoms with Crippen LogP contribution < -0.4 is 0 Å². The summed E-state index contributed by atoms with van der Waals surface area (Å²) in [7, 11) is 0. The monoisotopic (exact) mass is 201 g/mol. The normalized spacial score (nSPS) is 38.5. The predicted octanol–water partition coefficient (Wildman–Crippen LogP) is 1.29. The van der Waals surface area contributed by atoms with E-state index in [9.17, 15) is 4.79 Å². The molecule has 13 heavy (non-hydrogen) atoms. The molecule has 4 heteroatoms. The van der Waals surface area contributed by atoms with Crippen LogP contribution in [0.2, 0.25) is 0 Å². The third-order valence-electron chi connectivity index (χ3n) is 2.60. The average Bonchev–Trinajstić information content (AvgIpc) is 2.09. The molecule has 2 heterocycles. The van der Waals surface area contributed by atoms with Crippen LogP contribution in [0.4, 0.5) is 0 Å². The molecule has 0 spiro atoms. The molecule has 0 bridgehead atoms. The number of amides is 1. The minimum absolute atomic E-state index is 0.0394. The zero-order valence-electron chi connectivity index (χ0n) is 8.03. The number of rotatable bonds is 2. The molecular weight excluding hydrogens is 186 g/mol. The maximum absolute atomic E-state index is 11.3. The molecule has 0 aromatic rings. The van der Waals surface area contributed by atoms with Crippen molar-refractivity contribution in [3.05, 3.63) is 0 Å². The first-order valence-corrected chi connectivity index (χ1v) is 5.83. The second-order valence-corrected chi connectivity index (χ2v) is 4.83. The van der Waals surface area contributed by atoms with Crippen molar-refractivity contribution >= 4 is 17.7 Å². The van der Waals surface area contributed by atoms with Crippen LogP contribution in [-0.4, -0.2) is 34.8 Å². The fraction of sp³-hybridized carbons (Fsp3) is 0.889. The van der Waals surface area contributed by atoms with E-state index in [0.717, 1.165) is 5.75 Å². The summed E-state index contributed by atoms with van der Waals surface area (Å²) in [4.78, 5) is 13.2. The van der Waals surface area contributed by atoms with Gasteiger partial charge in [-0.05, 0) is 6.92 Å². The molecule has 0 saturated carbocycles. The Morgan fingerprint density at radius 2 is 2.46 bits per heavy atom. The van der Waals surface area contributed by atoms with E-state index >= 15 is 0 Å². The Bertz CT molecular complexity index is 222. The molecule has 0 aliphatic carbocycles. The van der Waals surface area contributed by atoms with E-state index in [0.29, 0.717) is 24.3 Å². The van der Waals surface area contributed by atoms with Gasteiger partial charge in [-0.2, -0.15) is 0 Å². The van der Waals surface area contributed by atoms with Crippen LogP contribution in [0.1, 0.15) is 20.3 Å². The van der Waals surface area contributed by atoms with Crippen molar-refractivity contribution < 1.29 is 9.53 Å². The lowest BCUT2D eigenvalue weighted by Crippen LogP contribution is -2.61. The summed E-state index contributed by atoms with van der Waals surface area (Å²) in [6, 6.07) is 0. The van der Waals surface area contributed by atoms with Crippen LogP contribution in [-0.2, 0) is 9.53 Å². The molecule has 3 nitrogen and oxygen atoms in total. The maximum Gasteiger partial charge on any atom is 0.228 e. The first kappa shape index (κ1) is 9.34. The molecule has 2 aliphatic rings. The second-order valence-electron chi connectivity index (χ2n) is 3.62. The minimum Gasteiger partial charge on any atom is -0.358 e. The summed E-state index contributed by atoms with van der Waals surface area (Å²) in [6.45, 7) is 4.82. The maximum atomic E-state index is 11.3. The van der Waals surface area contributed by atoms with Gasteiger partial charge < -0.3 is 9.64 Å². The summed E-state index contributed by atoms with van der Waals surface area (Å²) in [5.74, 6) is 1.83. The van der Waals surface area contributed by atoms with E-state index in [1.807, 2.05) is 23.6 Å².